The van der Waals surface area contributed by atoms with Gasteiger partial charge in [-0.25, -0.2) is 32.9 Å². The summed E-state index contributed by atoms with van der Waals surface area (Å²) in [6.07, 6.45) is 1.45. The standard InChI is InChI=1S/C17H22FNO5.C11H17NO5.C6H4FI.C4H8O/c1-17(2,3)24-16(22)19-13(15(21)23-4)9-10-14(20)11-5-7-12(18)8-6-11;1-11(2,3)17-10(15)12-7(9(14)16-4)5-6-8(12)13;7-5-1-3-6(8)4-2-5;1-2-4-5-3-1/h5-8,13H,9-10H2,1-4H3,(H,19,22);7H,5-6H2,1-4H3;1-4H;1-4H2/t13-;7-;;/m00../s1. The highest BCUT2D eigenvalue weighted by Gasteiger charge is 2.43. The summed E-state index contributed by atoms with van der Waals surface area (Å²) < 4.78 is 50.3. The van der Waals surface area contributed by atoms with Crippen molar-refractivity contribution in [2.45, 2.75) is 103 Å². The third-order valence-corrected chi connectivity index (χ3v) is 7.63. The second-order valence-electron chi connectivity index (χ2n) is 13.8. The third-order valence-electron chi connectivity index (χ3n) is 6.91. The normalized spacial score (nSPS) is 15.4. The summed E-state index contributed by atoms with van der Waals surface area (Å²) in [5, 5.41) is 2.39. The number of ketones is 1. The molecule has 13 nitrogen and oxygen atoms in total. The molecule has 0 spiro atoms. The van der Waals surface area contributed by atoms with Crippen molar-refractivity contribution in [1.29, 1.82) is 0 Å². The van der Waals surface area contributed by atoms with Crippen molar-refractivity contribution in [1.82, 2.24) is 10.2 Å². The van der Waals surface area contributed by atoms with Crippen LogP contribution >= 0.6 is 22.6 Å². The molecule has 16 heteroatoms. The van der Waals surface area contributed by atoms with Crippen molar-refractivity contribution in [3.05, 3.63) is 69.3 Å². The van der Waals surface area contributed by atoms with Gasteiger partial charge in [0.2, 0.25) is 5.91 Å². The van der Waals surface area contributed by atoms with E-state index >= 15 is 0 Å². The van der Waals surface area contributed by atoms with E-state index in [1.54, 1.807) is 53.7 Å². The summed E-state index contributed by atoms with van der Waals surface area (Å²) in [7, 11) is 2.41. The van der Waals surface area contributed by atoms with Crippen molar-refractivity contribution in [2.75, 3.05) is 27.4 Å². The lowest BCUT2D eigenvalue weighted by atomic mass is 10.0. The SMILES string of the molecule is C1CCOC1.COC(=O)[C@@H]1CCC(=O)N1C(=O)OC(C)(C)C.COC(=O)[C@H](CCC(=O)c1ccc(F)cc1)NC(=O)OC(C)(C)C.Fc1ccc(I)cc1. The van der Waals surface area contributed by atoms with Gasteiger partial charge in [-0.15, -0.1) is 0 Å². The van der Waals surface area contributed by atoms with E-state index in [0.29, 0.717) is 5.56 Å². The Morgan fingerprint density at radius 3 is 1.80 bits per heavy atom. The average Bonchev–Trinajstić information content (AvgIpc) is 3.80. The molecule has 300 valence electrons. The monoisotopic (exact) mass is 876 g/mol. The van der Waals surface area contributed by atoms with Gasteiger partial charge in [0, 0.05) is 35.2 Å². The van der Waals surface area contributed by atoms with Crippen LogP contribution in [-0.2, 0) is 38.1 Å². The molecule has 2 aliphatic rings. The lowest BCUT2D eigenvalue weighted by Gasteiger charge is -2.26. The molecular weight excluding hydrogens is 825 g/mol. The highest BCUT2D eigenvalue weighted by Crippen LogP contribution is 2.23. The van der Waals surface area contributed by atoms with Gasteiger partial charge in [0.05, 0.1) is 14.2 Å². The minimum Gasteiger partial charge on any atom is -0.467 e. The number of rotatable bonds is 7. The number of esters is 2. The zero-order chi connectivity index (χ0) is 41.1. The van der Waals surface area contributed by atoms with Crippen molar-refractivity contribution in [2.24, 2.45) is 0 Å². The van der Waals surface area contributed by atoms with Crippen molar-refractivity contribution in [3.8, 4) is 0 Å². The number of carbonyl (C=O) groups excluding carboxylic acids is 6. The molecule has 2 aliphatic heterocycles. The Kier molecular flexibility index (Phi) is 20.9. The fraction of sp³-hybridized carbons (Fsp3) is 0.526. The lowest BCUT2D eigenvalue weighted by molar-refractivity contribution is -0.148. The maximum absolute atomic E-state index is 12.9. The molecule has 2 aromatic carbocycles. The Hall–Kier alpha value is -4.19. The van der Waals surface area contributed by atoms with E-state index < -0.39 is 59.1 Å². The number of carbonyl (C=O) groups is 6. The number of alkyl carbamates (subject to hydrolysis) is 1. The van der Waals surface area contributed by atoms with Crippen LogP contribution < -0.4 is 5.32 Å². The first-order valence-electron chi connectivity index (χ1n) is 17.1. The van der Waals surface area contributed by atoms with Crippen LogP contribution in [0.3, 0.4) is 0 Å². The molecule has 2 atom stereocenters. The van der Waals surface area contributed by atoms with Gasteiger partial charge in [-0.1, -0.05) is 0 Å². The highest BCUT2D eigenvalue weighted by molar-refractivity contribution is 14.1. The molecule has 1 N–H and O–H groups in total. The number of likely N-dealkylation sites (tertiary alicyclic amines) is 1. The van der Waals surface area contributed by atoms with E-state index in [2.05, 4.69) is 37.4 Å². The highest BCUT2D eigenvalue weighted by atomic mass is 127. The first-order chi connectivity index (χ1) is 25.2. The number of nitrogens with one attached hydrogen (secondary N) is 1. The second-order valence-corrected chi connectivity index (χ2v) is 15.0. The van der Waals surface area contributed by atoms with Gasteiger partial charge in [-0.2, -0.15) is 0 Å². The molecule has 0 bridgehead atoms. The Morgan fingerprint density at radius 1 is 0.852 bits per heavy atom. The predicted octanol–water partition coefficient (Wildman–Crippen LogP) is 7.17. The van der Waals surface area contributed by atoms with E-state index in [0.717, 1.165) is 21.7 Å². The van der Waals surface area contributed by atoms with E-state index in [1.165, 1.54) is 63.5 Å². The molecular formula is C38H51F2IN2O11. The van der Waals surface area contributed by atoms with Crippen LogP contribution in [0.4, 0.5) is 18.4 Å². The van der Waals surface area contributed by atoms with Crippen LogP contribution in [-0.4, -0.2) is 91.4 Å². The van der Waals surface area contributed by atoms with E-state index in [-0.39, 0.29) is 37.3 Å². The van der Waals surface area contributed by atoms with E-state index in [1.807, 2.05) is 0 Å². The Balaban J connectivity index is 0.000000415. The lowest BCUT2D eigenvalue weighted by Crippen LogP contribution is -2.45. The van der Waals surface area contributed by atoms with Gasteiger partial charge < -0.3 is 29.0 Å². The number of hydrogen-bond acceptors (Lipinski definition) is 11. The summed E-state index contributed by atoms with van der Waals surface area (Å²) in [5.74, 6) is -2.56. The quantitative estimate of drug-likeness (QED) is 0.130. The van der Waals surface area contributed by atoms with Gasteiger partial charge in [-0.3, -0.25) is 9.59 Å². The number of imide groups is 1. The summed E-state index contributed by atoms with van der Waals surface area (Å²) in [6.45, 7) is 12.2. The molecule has 54 heavy (non-hydrogen) atoms. The zero-order valence-electron chi connectivity index (χ0n) is 32.0. The number of hydrogen-bond donors (Lipinski definition) is 1. The van der Waals surface area contributed by atoms with Gasteiger partial charge in [-0.05, 0) is 138 Å². The number of halogens is 3. The molecule has 2 fully saturated rings. The Labute approximate surface area is 328 Å². The molecule has 0 unspecified atom stereocenters. The van der Waals surface area contributed by atoms with E-state index in [4.69, 9.17) is 14.2 Å². The van der Waals surface area contributed by atoms with Gasteiger partial charge in [0.15, 0.2) is 5.78 Å². The number of nitrogens with zero attached hydrogens (tertiary/aromatic N) is 1. The van der Waals surface area contributed by atoms with Crippen LogP contribution in [0.5, 0.6) is 0 Å². The average molecular weight is 877 g/mol. The Morgan fingerprint density at radius 2 is 1.37 bits per heavy atom. The number of amides is 3. The zero-order valence-corrected chi connectivity index (χ0v) is 34.2. The molecule has 0 aromatic heterocycles. The fourth-order valence-corrected chi connectivity index (χ4v) is 4.78. The maximum Gasteiger partial charge on any atom is 0.417 e. The first-order valence-corrected chi connectivity index (χ1v) is 18.2. The molecule has 0 saturated carbocycles. The maximum atomic E-state index is 12.9. The minimum absolute atomic E-state index is 0.0127. The number of ether oxygens (including phenoxy) is 5. The molecule has 4 rings (SSSR count). The van der Waals surface area contributed by atoms with E-state index in [9.17, 15) is 37.5 Å². The van der Waals surface area contributed by atoms with Crippen LogP contribution in [0.15, 0.2) is 48.5 Å². The summed E-state index contributed by atoms with van der Waals surface area (Å²) in [4.78, 5) is 71.2. The number of methoxy groups -OCH3 is 2. The van der Waals surface area contributed by atoms with Crippen molar-refractivity contribution >= 4 is 58.4 Å². The summed E-state index contributed by atoms with van der Waals surface area (Å²) in [6, 6.07) is 9.60. The second kappa shape index (κ2) is 23.6. The molecule has 2 heterocycles. The summed E-state index contributed by atoms with van der Waals surface area (Å²) in [5.41, 5.74) is -1.09. The minimum atomic E-state index is -1.01. The van der Waals surface area contributed by atoms with Gasteiger partial charge >= 0.3 is 24.1 Å². The molecule has 0 aliphatic carbocycles. The van der Waals surface area contributed by atoms with Crippen LogP contribution in [0, 0.1) is 15.2 Å². The topological polar surface area (TPSA) is 164 Å². The van der Waals surface area contributed by atoms with Crippen LogP contribution in [0.1, 0.15) is 90.4 Å². The fourth-order valence-electron chi connectivity index (χ4n) is 4.42. The number of Topliss-reactive ketones (excluding diaryl/α,β-unsaturated/α-hetero) is 1. The van der Waals surface area contributed by atoms with Gasteiger partial charge in [0.1, 0.15) is 34.9 Å². The third kappa shape index (κ3) is 19.8. The van der Waals surface area contributed by atoms with Crippen LogP contribution in [0.2, 0.25) is 0 Å². The van der Waals surface area contributed by atoms with Crippen molar-refractivity contribution in [3.63, 3.8) is 0 Å². The van der Waals surface area contributed by atoms with Crippen molar-refractivity contribution < 1.29 is 61.2 Å². The number of benzene rings is 2. The van der Waals surface area contributed by atoms with Gasteiger partial charge in [0.25, 0.3) is 0 Å². The predicted molar refractivity (Wildman–Crippen MR) is 202 cm³/mol. The van der Waals surface area contributed by atoms with Crippen LogP contribution in [0.25, 0.3) is 0 Å². The molecule has 0 radical (unpaired) electrons. The molecule has 3 amide bonds. The first kappa shape index (κ1) is 47.8. The molecule has 2 saturated heterocycles. The largest absolute Gasteiger partial charge is 0.467 e. The Bertz CT molecular complexity index is 1490. The molecule has 2 aromatic rings. The smallest absolute Gasteiger partial charge is 0.417 e. The summed E-state index contributed by atoms with van der Waals surface area (Å²) >= 11 is 2.13.